The largest absolute Gasteiger partial charge is 0.351 e. The third kappa shape index (κ3) is 9.89. The third-order valence-electron chi connectivity index (χ3n) is 4.38. The molecule has 2 aromatic rings. The summed E-state index contributed by atoms with van der Waals surface area (Å²) in [6.07, 6.45) is 13.4. The number of nitrogens with zero attached hydrogens (tertiary/aromatic N) is 4. The van der Waals surface area contributed by atoms with Crippen molar-refractivity contribution in [2.24, 2.45) is 0 Å². The van der Waals surface area contributed by atoms with Gasteiger partial charge in [0.1, 0.15) is 0 Å². The van der Waals surface area contributed by atoms with Gasteiger partial charge in [-0.05, 0) is 63.8 Å². The molecule has 0 aliphatic heterocycles. The van der Waals surface area contributed by atoms with Crippen LogP contribution in [0.5, 0.6) is 0 Å². The Labute approximate surface area is 182 Å². The number of rotatable bonds is 13. The quantitative estimate of drug-likeness (QED) is 0.300. The second kappa shape index (κ2) is 13.3. The molecule has 1 atom stereocenters. The van der Waals surface area contributed by atoms with Crippen molar-refractivity contribution in [3.8, 4) is 0 Å². The second-order valence-electron chi connectivity index (χ2n) is 7.32. The van der Waals surface area contributed by atoms with Crippen LogP contribution in [-0.4, -0.2) is 37.1 Å². The number of hydrogen-bond donors (Lipinski definition) is 2. The summed E-state index contributed by atoms with van der Waals surface area (Å²) in [5, 5.41) is 20.5. The van der Waals surface area contributed by atoms with Gasteiger partial charge in [0, 0.05) is 23.1 Å². The molecule has 0 amide bonds. The number of nitrogens with one attached hydrogen (secondary N) is 2. The van der Waals surface area contributed by atoms with Gasteiger partial charge in [0.05, 0.1) is 6.04 Å². The zero-order valence-electron chi connectivity index (χ0n) is 17.8. The molecule has 2 aromatic heterocycles. The van der Waals surface area contributed by atoms with Crippen molar-refractivity contribution >= 4 is 28.2 Å². The van der Waals surface area contributed by atoms with Crippen LogP contribution in [-0.2, 0) is 0 Å². The van der Waals surface area contributed by atoms with E-state index in [-0.39, 0.29) is 6.04 Å². The first kappa shape index (κ1) is 23.3. The Bertz CT molecular complexity index is 774. The number of hydrogen-bond acceptors (Lipinski definition) is 7. The number of tetrazole rings is 1. The molecule has 0 saturated heterocycles. The summed E-state index contributed by atoms with van der Waals surface area (Å²) >= 11 is 3.44. The maximum absolute atomic E-state index is 4.29. The molecule has 1 unspecified atom stereocenters. The number of thioether (sulfide) groups is 1. The van der Waals surface area contributed by atoms with E-state index in [2.05, 4.69) is 76.8 Å². The fourth-order valence-corrected chi connectivity index (χ4v) is 4.27. The molecule has 0 fully saturated rings. The van der Waals surface area contributed by atoms with Crippen molar-refractivity contribution in [3.05, 3.63) is 52.3 Å². The van der Waals surface area contributed by atoms with Crippen molar-refractivity contribution in [1.82, 2.24) is 25.6 Å². The van der Waals surface area contributed by atoms with E-state index >= 15 is 0 Å². The summed E-state index contributed by atoms with van der Waals surface area (Å²) in [5.41, 5.74) is 4.33. The second-order valence-corrected chi connectivity index (χ2v) is 9.29. The van der Waals surface area contributed by atoms with E-state index in [1.807, 2.05) is 17.1 Å². The number of anilines is 1. The Morgan fingerprint density at radius 1 is 1.14 bits per heavy atom. The van der Waals surface area contributed by atoms with E-state index in [1.165, 1.54) is 16.7 Å². The maximum atomic E-state index is 4.29. The number of allylic oxidation sites excluding steroid dienone is 5. The number of aromatic nitrogens is 5. The smallest absolute Gasteiger partial charge is 0.183 e. The van der Waals surface area contributed by atoms with E-state index in [9.17, 15) is 0 Å². The molecule has 8 heteroatoms. The lowest BCUT2D eigenvalue weighted by Gasteiger charge is -2.14. The van der Waals surface area contributed by atoms with E-state index in [4.69, 9.17) is 0 Å². The summed E-state index contributed by atoms with van der Waals surface area (Å²) in [6, 6.07) is 0.0150. The van der Waals surface area contributed by atoms with Gasteiger partial charge < -0.3 is 5.32 Å². The van der Waals surface area contributed by atoms with Gasteiger partial charge in [0.2, 0.25) is 0 Å². The predicted molar refractivity (Wildman–Crippen MR) is 125 cm³/mol. The van der Waals surface area contributed by atoms with Crippen molar-refractivity contribution in [1.29, 1.82) is 0 Å². The van der Waals surface area contributed by atoms with Crippen LogP contribution in [0.3, 0.4) is 0 Å². The van der Waals surface area contributed by atoms with E-state index < -0.39 is 0 Å². The minimum atomic E-state index is 0.0150. The molecule has 29 heavy (non-hydrogen) atoms. The maximum Gasteiger partial charge on any atom is 0.183 e. The molecular formula is C21H32N6S2. The Balaban J connectivity index is 1.71. The summed E-state index contributed by atoms with van der Waals surface area (Å²) in [4.78, 5) is 4.29. The van der Waals surface area contributed by atoms with Crippen LogP contribution in [0.2, 0.25) is 0 Å². The minimum absolute atomic E-state index is 0.0150. The highest BCUT2D eigenvalue weighted by atomic mass is 32.2. The standard InChI is InChI=1S/C21H32N6S2/c1-16(2)7-5-8-17(3)9-6-10-18(4)11-13-28-15-19(20-24-26-27-25-20)23-21-22-12-14-29-21/h7,9,11-12,14,19H,5-6,8,10,13,15H2,1-4H3,(H,22,23)(H,24,25,26,27). The van der Waals surface area contributed by atoms with Gasteiger partial charge in [-0.2, -0.15) is 11.8 Å². The molecule has 0 saturated carbocycles. The highest BCUT2D eigenvalue weighted by Gasteiger charge is 2.16. The molecule has 0 bridgehead atoms. The van der Waals surface area contributed by atoms with Crippen molar-refractivity contribution in [3.63, 3.8) is 0 Å². The molecular weight excluding hydrogens is 400 g/mol. The molecule has 0 aliphatic carbocycles. The molecule has 0 aliphatic rings. The Hall–Kier alpha value is -1.93. The summed E-state index contributed by atoms with van der Waals surface area (Å²) in [5.74, 6) is 2.58. The van der Waals surface area contributed by atoms with Crippen molar-refractivity contribution < 1.29 is 0 Å². The lowest BCUT2D eigenvalue weighted by Crippen LogP contribution is -2.15. The lowest BCUT2D eigenvalue weighted by molar-refractivity contribution is 0.802. The Morgan fingerprint density at radius 3 is 2.55 bits per heavy atom. The highest BCUT2D eigenvalue weighted by molar-refractivity contribution is 7.99. The topological polar surface area (TPSA) is 79.4 Å². The number of aromatic amines is 1. The first-order valence-corrected chi connectivity index (χ1v) is 12.0. The number of thiazole rings is 1. The molecule has 0 aromatic carbocycles. The molecule has 2 rings (SSSR count). The summed E-state index contributed by atoms with van der Waals surface area (Å²) < 4.78 is 0. The molecule has 158 valence electrons. The highest BCUT2D eigenvalue weighted by Crippen LogP contribution is 2.22. The predicted octanol–water partition coefficient (Wildman–Crippen LogP) is 5.96. The minimum Gasteiger partial charge on any atom is -0.351 e. The van der Waals surface area contributed by atoms with Crippen LogP contribution < -0.4 is 5.32 Å². The third-order valence-corrected chi connectivity index (χ3v) is 6.05. The molecule has 0 spiro atoms. The molecule has 2 N–H and O–H groups in total. The molecule has 0 radical (unpaired) electrons. The van der Waals surface area contributed by atoms with Crippen LogP contribution in [0.1, 0.15) is 65.2 Å². The fourth-order valence-electron chi connectivity index (χ4n) is 2.67. The Kier molecular flexibility index (Phi) is 10.7. The Morgan fingerprint density at radius 2 is 1.90 bits per heavy atom. The average molecular weight is 433 g/mol. The van der Waals surface area contributed by atoms with Gasteiger partial charge in [0.25, 0.3) is 0 Å². The van der Waals surface area contributed by atoms with Crippen LogP contribution in [0.4, 0.5) is 5.13 Å². The fraction of sp³-hybridized carbons (Fsp3) is 0.524. The van der Waals surface area contributed by atoms with Crippen LogP contribution in [0.25, 0.3) is 0 Å². The van der Waals surface area contributed by atoms with Crippen molar-refractivity contribution in [2.45, 2.75) is 59.4 Å². The zero-order chi connectivity index (χ0) is 20.9. The average Bonchev–Trinajstić information content (AvgIpc) is 3.37. The SMILES string of the molecule is CC(C)=CCCC(C)=CCCC(C)=CCSCC(Nc1nccs1)c1nnn[nH]1. The van der Waals surface area contributed by atoms with Crippen LogP contribution >= 0.6 is 23.1 Å². The zero-order valence-corrected chi connectivity index (χ0v) is 19.4. The monoisotopic (exact) mass is 432 g/mol. The normalized spacial score (nSPS) is 13.4. The van der Waals surface area contributed by atoms with Gasteiger partial charge in [-0.3, -0.25) is 0 Å². The van der Waals surface area contributed by atoms with Gasteiger partial charge in [-0.1, -0.05) is 34.9 Å². The van der Waals surface area contributed by atoms with Crippen molar-refractivity contribution in [2.75, 3.05) is 16.8 Å². The van der Waals surface area contributed by atoms with Gasteiger partial charge in [-0.15, -0.1) is 16.4 Å². The van der Waals surface area contributed by atoms with Crippen LogP contribution in [0.15, 0.2) is 46.5 Å². The van der Waals surface area contributed by atoms with E-state index in [0.29, 0.717) is 0 Å². The first-order chi connectivity index (χ1) is 14.0. The van der Waals surface area contributed by atoms with E-state index in [1.54, 1.807) is 17.5 Å². The molecule has 6 nitrogen and oxygen atoms in total. The molecule has 2 heterocycles. The van der Waals surface area contributed by atoms with Crippen LogP contribution in [0, 0.1) is 0 Å². The van der Waals surface area contributed by atoms with Gasteiger partial charge in [0.15, 0.2) is 11.0 Å². The van der Waals surface area contributed by atoms with Gasteiger partial charge in [-0.25, -0.2) is 10.1 Å². The van der Waals surface area contributed by atoms with E-state index in [0.717, 1.165) is 48.1 Å². The summed E-state index contributed by atoms with van der Waals surface area (Å²) in [6.45, 7) is 8.77. The first-order valence-electron chi connectivity index (χ1n) is 9.96. The van der Waals surface area contributed by atoms with Gasteiger partial charge >= 0.3 is 0 Å². The lowest BCUT2D eigenvalue weighted by atomic mass is 10.1. The number of H-pyrrole nitrogens is 1. The summed E-state index contributed by atoms with van der Waals surface area (Å²) in [7, 11) is 0.